The van der Waals surface area contributed by atoms with Crippen LogP contribution in [0, 0.1) is 5.41 Å². The fourth-order valence-corrected chi connectivity index (χ4v) is 3.54. The second kappa shape index (κ2) is 8.22. The molecule has 1 saturated heterocycles. The zero-order valence-corrected chi connectivity index (χ0v) is 15.0. The van der Waals surface area contributed by atoms with Crippen molar-refractivity contribution in [1.82, 2.24) is 10.2 Å². The Kier molecular flexibility index (Phi) is 6.57. The average Bonchev–Trinajstić information content (AvgIpc) is 2.94. The van der Waals surface area contributed by atoms with Crippen molar-refractivity contribution >= 4 is 12.4 Å². The zero-order chi connectivity index (χ0) is 15.4. The summed E-state index contributed by atoms with van der Waals surface area (Å²) in [6.07, 6.45) is 2.56. The topological polar surface area (TPSA) is 33.7 Å². The molecule has 4 nitrogen and oxygen atoms in total. The number of fused-ring (bicyclic) bond motifs is 1. The summed E-state index contributed by atoms with van der Waals surface area (Å²) in [5.41, 5.74) is 0.391. The van der Waals surface area contributed by atoms with Gasteiger partial charge in [-0.3, -0.25) is 4.90 Å². The van der Waals surface area contributed by atoms with E-state index in [0.29, 0.717) is 12.0 Å². The highest BCUT2D eigenvalue weighted by Gasteiger charge is 2.32. The molecule has 0 radical (unpaired) electrons. The molecule has 0 amide bonds. The normalized spacial score (nSPS) is 26.1. The van der Waals surface area contributed by atoms with E-state index in [1.807, 2.05) is 24.3 Å². The molecule has 1 aromatic rings. The molecule has 2 aliphatic rings. The van der Waals surface area contributed by atoms with Gasteiger partial charge in [-0.05, 0) is 43.5 Å². The largest absolute Gasteiger partial charge is 0.486 e. The Labute approximate surface area is 145 Å². The molecular formula is C18H29ClN2O2. The molecule has 3 rings (SSSR count). The van der Waals surface area contributed by atoms with Crippen LogP contribution in [0.5, 0.6) is 11.5 Å². The first-order chi connectivity index (χ1) is 10.7. The second-order valence-electron chi connectivity index (χ2n) is 6.97. The minimum atomic E-state index is 0. The van der Waals surface area contributed by atoms with Gasteiger partial charge in [-0.2, -0.15) is 0 Å². The maximum Gasteiger partial charge on any atom is 0.161 e. The second-order valence-corrected chi connectivity index (χ2v) is 6.97. The molecular weight excluding hydrogens is 312 g/mol. The molecule has 0 aromatic heterocycles. The van der Waals surface area contributed by atoms with E-state index >= 15 is 0 Å². The summed E-state index contributed by atoms with van der Waals surface area (Å²) in [5, 5.41) is 3.49. The van der Waals surface area contributed by atoms with Crippen molar-refractivity contribution < 1.29 is 9.47 Å². The number of hydrogen-bond acceptors (Lipinski definition) is 4. The third-order valence-corrected chi connectivity index (χ3v) is 4.63. The van der Waals surface area contributed by atoms with Gasteiger partial charge >= 0.3 is 0 Å². The van der Waals surface area contributed by atoms with Crippen LogP contribution in [0.25, 0.3) is 0 Å². The maximum atomic E-state index is 6.12. The molecule has 2 atom stereocenters. The van der Waals surface area contributed by atoms with Gasteiger partial charge in [0.1, 0.15) is 12.7 Å². The summed E-state index contributed by atoms with van der Waals surface area (Å²) >= 11 is 0. The van der Waals surface area contributed by atoms with Crippen LogP contribution in [0.4, 0.5) is 0 Å². The van der Waals surface area contributed by atoms with Crippen molar-refractivity contribution in [1.29, 1.82) is 0 Å². The van der Waals surface area contributed by atoms with Crippen molar-refractivity contribution in [3.63, 3.8) is 0 Å². The van der Waals surface area contributed by atoms with Crippen molar-refractivity contribution in [2.45, 2.75) is 32.8 Å². The summed E-state index contributed by atoms with van der Waals surface area (Å²) in [7, 11) is 0. The molecule has 0 aliphatic carbocycles. The van der Waals surface area contributed by atoms with E-state index < -0.39 is 0 Å². The third-order valence-electron chi connectivity index (χ3n) is 4.63. The number of para-hydroxylation sites is 2. The molecule has 1 N–H and O–H groups in total. The molecule has 5 heteroatoms. The van der Waals surface area contributed by atoms with Crippen LogP contribution in [0.2, 0.25) is 0 Å². The number of benzene rings is 1. The lowest BCUT2D eigenvalue weighted by Gasteiger charge is -2.35. The highest BCUT2D eigenvalue weighted by molar-refractivity contribution is 5.85. The van der Waals surface area contributed by atoms with Crippen LogP contribution in [-0.2, 0) is 0 Å². The van der Waals surface area contributed by atoms with Crippen molar-refractivity contribution in [2.75, 3.05) is 39.3 Å². The lowest BCUT2D eigenvalue weighted by atomic mass is 9.89. The van der Waals surface area contributed by atoms with Crippen LogP contribution in [0.1, 0.15) is 26.7 Å². The summed E-state index contributed by atoms with van der Waals surface area (Å²) in [5.74, 6) is 1.75. The van der Waals surface area contributed by atoms with Gasteiger partial charge in [-0.15, -0.1) is 12.4 Å². The van der Waals surface area contributed by atoms with Crippen LogP contribution in [0.15, 0.2) is 24.3 Å². The molecule has 0 spiro atoms. The zero-order valence-electron chi connectivity index (χ0n) is 14.2. The minimum absolute atomic E-state index is 0. The van der Waals surface area contributed by atoms with Gasteiger partial charge in [0, 0.05) is 19.6 Å². The first kappa shape index (κ1) is 18.4. The number of ether oxygens (including phenoxy) is 2. The highest BCUT2D eigenvalue weighted by atomic mass is 35.5. The predicted octanol–water partition coefficient (Wildman–Crippen LogP) is 2.96. The molecule has 0 saturated carbocycles. The van der Waals surface area contributed by atoms with E-state index in [9.17, 15) is 0 Å². The summed E-state index contributed by atoms with van der Waals surface area (Å²) < 4.78 is 12.0. The molecule has 2 unspecified atom stereocenters. The monoisotopic (exact) mass is 340 g/mol. The van der Waals surface area contributed by atoms with Gasteiger partial charge < -0.3 is 14.8 Å². The Bertz CT molecular complexity index is 492. The van der Waals surface area contributed by atoms with Crippen molar-refractivity contribution in [2.24, 2.45) is 5.41 Å². The minimum Gasteiger partial charge on any atom is -0.486 e. The quantitative estimate of drug-likeness (QED) is 0.863. The van der Waals surface area contributed by atoms with Crippen LogP contribution >= 0.6 is 12.4 Å². The van der Waals surface area contributed by atoms with E-state index in [0.717, 1.165) is 44.2 Å². The Balaban J connectivity index is 0.00000192. The lowest BCUT2D eigenvalue weighted by molar-refractivity contribution is 0.0472. The fraction of sp³-hybridized carbons (Fsp3) is 0.667. The third kappa shape index (κ3) is 4.75. The van der Waals surface area contributed by atoms with E-state index in [1.165, 1.54) is 12.8 Å². The molecule has 1 aromatic carbocycles. The average molecular weight is 341 g/mol. The molecule has 2 heterocycles. The van der Waals surface area contributed by atoms with Gasteiger partial charge in [-0.25, -0.2) is 0 Å². The Morgan fingerprint density at radius 2 is 2.09 bits per heavy atom. The van der Waals surface area contributed by atoms with Crippen LogP contribution in [0.3, 0.4) is 0 Å². The van der Waals surface area contributed by atoms with Gasteiger partial charge in [-0.1, -0.05) is 26.0 Å². The standard InChI is InChI=1S/C18H28N2O2.ClH/c1-3-10-20(14-18(2)8-9-19-13-18)11-15-12-21-16-6-4-5-7-17(16)22-15;/h4-7,15,19H,3,8-14H2,1-2H3;1H. The highest BCUT2D eigenvalue weighted by Crippen LogP contribution is 2.31. The Morgan fingerprint density at radius 3 is 2.78 bits per heavy atom. The summed E-state index contributed by atoms with van der Waals surface area (Å²) in [4.78, 5) is 2.55. The molecule has 2 aliphatic heterocycles. The lowest BCUT2D eigenvalue weighted by Crippen LogP contribution is -2.45. The molecule has 23 heavy (non-hydrogen) atoms. The summed E-state index contributed by atoms with van der Waals surface area (Å²) in [6, 6.07) is 7.95. The number of halogens is 1. The number of hydrogen-bond donors (Lipinski definition) is 1. The van der Waals surface area contributed by atoms with E-state index in [4.69, 9.17) is 9.47 Å². The van der Waals surface area contributed by atoms with Gasteiger partial charge in [0.05, 0.1) is 0 Å². The fourth-order valence-electron chi connectivity index (χ4n) is 3.54. The smallest absolute Gasteiger partial charge is 0.161 e. The Hall–Kier alpha value is -0.970. The Morgan fingerprint density at radius 1 is 1.30 bits per heavy atom. The van der Waals surface area contributed by atoms with Crippen LogP contribution < -0.4 is 14.8 Å². The first-order valence-corrected chi connectivity index (χ1v) is 8.50. The van der Waals surface area contributed by atoms with Gasteiger partial charge in [0.2, 0.25) is 0 Å². The number of nitrogens with one attached hydrogen (secondary N) is 1. The van der Waals surface area contributed by atoms with Gasteiger partial charge in [0.15, 0.2) is 11.5 Å². The number of rotatable bonds is 6. The molecule has 0 bridgehead atoms. The van der Waals surface area contributed by atoms with Crippen molar-refractivity contribution in [3.05, 3.63) is 24.3 Å². The van der Waals surface area contributed by atoms with E-state index in [-0.39, 0.29) is 18.5 Å². The van der Waals surface area contributed by atoms with Gasteiger partial charge in [0.25, 0.3) is 0 Å². The first-order valence-electron chi connectivity index (χ1n) is 8.50. The molecule has 130 valence electrons. The summed E-state index contributed by atoms with van der Waals surface area (Å²) in [6.45, 7) is 10.8. The number of nitrogens with zero attached hydrogens (tertiary/aromatic N) is 1. The van der Waals surface area contributed by atoms with Crippen molar-refractivity contribution in [3.8, 4) is 11.5 Å². The maximum absolute atomic E-state index is 6.12. The predicted molar refractivity (Wildman–Crippen MR) is 95.9 cm³/mol. The SMILES string of the molecule is CCCN(CC1COc2ccccc2O1)CC1(C)CCNC1.Cl. The van der Waals surface area contributed by atoms with Crippen LogP contribution in [-0.4, -0.2) is 50.3 Å². The molecule has 1 fully saturated rings. The van der Waals surface area contributed by atoms with E-state index in [2.05, 4.69) is 24.1 Å². The van der Waals surface area contributed by atoms with E-state index in [1.54, 1.807) is 0 Å².